The van der Waals surface area contributed by atoms with Gasteiger partial charge >= 0.3 is 0 Å². The molecular weight excluding hydrogens is 254 g/mol. The standard InChI is InChI=1S/C16H23NO3/c1-4-14(18)13-7-5-6-8-15(13)20-11-16(19)17-10-9-12(2)3/h5-8,12H,4,9-11H2,1-3H3,(H,17,19). The van der Waals surface area contributed by atoms with Crippen LogP contribution in [-0.4, -0.2) is 24.8 Å². The summed E-state index contributed by atoms with van der Waals surface area (Å²) in [5.74, 6) is 0.877. The lowest BCUT2D eigenvalue weighted by Gasteiger charge is -2.11. The van der Waals surface area contributed by atoms with Crippen LogP contribution in [0.15, 0.2) is 24.3 Å². The molecule has 0 saturated carbocycles. The molecule has 0 heterocycles. The van der Waals surface area contributed by atoms with E-state index in [0.29, 0.717) is 30.2 Å². The highest BCUT2D eigenvalue weighted by molar-refractivity contribution is 5.98. The van der Waals surface area contributed by atoms with Crippen molar-refractivity contribution in [2.75, 3.05) is 13.2 Å². The van der Waals surface area contributed by atoms with Gasteiger partial charge in [0.05, 0.1) is 5.56 Å². The van der Waals surface area contributed by atoms with E-state index >= 15 is 0 Å². The van der Waals surface area contributed by atoms with Crippen molar-refractivity contribution in [3.63, 3.8) is 0 Å². The van der Waals surface area contributed by atoms with Crippen molar-refractivity contribution >= 4 is 11.7 Å². The van der Waals surface area contributed by atoms with Crippen molar-refractivity contribution in [2.45, 2.75) is 33.6 Å². The largest absolute Gasteiger partial charge is 0.483 e. The molecule has 0 radical (unpaired) electrons. The molecule has 0 saturated heterocycles. The number of benzene rings is 1. The Balaban J connectivity index is 2.49. The summed E-state index contributed by atoms with van der Waals surface area (Å²) in [5, 5.41) is 2.80. The number of ketones is 1. The van der Waals surface area contributed by atoms with Crippen LogP contribution in [0, 0.1) is 5.92 Å². The normalized spacial score (nSPS) is 10.4. The highest BCUT2D eigenvalue weighted by Gasteiger charge is 2.11. The van der Waals surface area contributed by atoms with Gasteiger partial charge in [0.25, 0.3) is 5.91 Å². The average molecular weight is 277 g/mol. The van der Waals surface area contributed by atoms with Crippen LogP contribution < -0.4 is 10.1 Å². The molecule has 4 heteroatoms. The zero-order valence-corrected chi connectivity index (χ0v) is 12.4. The van der Waals surface area contributed by atoms with Gasteiger partial charge in [0.15, 0.2) is 12.4 Å². The minimum atomic E-state index is -0.163. The van der Waals surface area contributed by atoms with E-state index in [0.717, 1.165) is 6.42 Å². The Kier molecular flexibility index (Phi) is 6.77. The third kappa shape index (κ3) is 5.43. The summed E-state index contributed by atoms with van der Waals surface area (Å²) in [7, 11) is 0. The molecule has 1 aromatic rings. The fourth-order valence-electron chi connectivity index (χ4n) is 1.71. The first-order valence-corrected chi connectivity index (χ1v) is 7.06. The van der Waals surface area contributed by atoms with Gasteiger partial charge < -0.3 is 10.1 Å². The van der Waals surface area contributed by atoms with E-state index < -0.39 is 0 Å². The Bertz CT molecular complexity index is 455. The first-order chi connectivity index (χ1) is 9.54. The maximum Gasteiger partial charge on any atom is 0.257 e. The van der Waals surface area contributed by atoms with Gasteiger partial charge in [-0.1, -0.05) is 32.9 Å². The molecule has 20 heavy (non-hydrogen) atoms. The predicted molar refractivity (Wildman–Crippen MR) is 79.0 cm³/mol. The number of hydrogen-bond donors (Lipinski definition) is 1. The van der Waals surface area contributed by atoms with Crippen LogP contribution in [0.5, 0.6) is 5.75 Å². The molecule has 0 bridgehead atoms. The van der Waals surface area contributed by atoms with Crippen LogP contribution in [0.4, 0.5) is 0 Å². The second-order valence-electron chi connectivity index (χ2n) is 5.09. The summed E-state index contributed by atoms with van der Waals surface area (Å²) in [4.78, 5) is 23.4. The zero-order valence-electron chi connectivity index (χ0n) is 12.4. The minimum Gasteiger partial charge on any atom is -0.483 e. The van der Waals surface area contributed by atoms with E-state index in [1.165, 1.54) is 0 Å². The van der Waals surface area contributed by atoms with E-state index in [-0.39, 0.29) is 18.3 Å². The van der Waals surface area contributed by atoms with E-state index in [1.807, 2.05) is 0 Å². The Hall–Kier alpha value is -1.84. The lowest BCUT2D eigenvalue weighted by molar-refractivity contribution is -0.123. The maximum absolute atomic E-state index is 11.7. The van der Waals surface area contributed by atoms with Crippen LogP contribution in [0.25, 0.3) is 0 Å². The third-order valence-corrected chi connectivity index (χ3v) is 2.91. The fraction of sp³-hybridized carbons (Fsp3) is 0.500. The third-order valence-electron chi connectivity index (χ3n) is 2.91. The second kappa shape index (κ2) is 8.35. The van der Waals surface area contributed by atoms with Gasteiger partial charge in [-0.2, -0.15) is 0 Å². The van der Waals surface area contributed by atoms with Crippen LogP contribution in [0.3, 0.4) is 0 Å². The number of ether oxygens (including phenoxy) is 1. The monoisotopic (exact) mass is 277 g/mol. The highest BCUT2D eigenvalue weighted by atomic mass is 16.5. The lowest BCUT2D eigenvalue weighted by atomic mass is 10.1. The number of Topliss-reactive ketones (excluding diaryl/α,β-unsaturated/α-hetero) is 1. The first-order valence-electron chi connectivity index (χ1n) is 7.06. The SMILES string of the molecule is CCC(=O)c1ccccc1OCC(=O)NCCC(C)C. The molecule has 0 aliphatic heterocycles. The molecule has 0 spiro atoms. The maximum atomic E-state index is 11.7. The molecule has 1 N–H and O–H groups in total. The Morgan fingerprint density at radius 1 is 1.25 bits per heavy atom. The molecule has 0 atom stereocenters. The smallest absolute Gasteiger partial charge is 0.257 e. The van der Waals surface area contributed by atoms with E-state index in [9.17, 15) is 9.59 Å². The zero-order chi connectivity index (χ0) is 15.0. The highest BCUT2D eigenvalue weighted by Crippen LogP contribution is 2.19. The molecule has 0 aliphatic carbocycles. The van der Waals surface area contributed by atoms with E-state index in [1.54, 1.807) is 31.2 Å². The number of rotatable bonds is 8. The van der Waals surface area contributed by atoms with Gasteiger partial charge in [-0.15, -0.1) is 0 Å². The second-order valence-corrected chi connectivity index (χ2v) is 5.09. The summed E-state index contributed by atoms with van der Waals surface area (Å²) in [6.45, 7) is 6.60. The van der Waals surface area contributed by atoms with Gasteiger partial charge in [-0.25, -0.2) is 0 Å². The Morgan fingerprint density at radius 2 is 1.95 bits per heavy atom. The van der Waals surface area contributed by atoms with Crippen molar-refractivity contribution in [2.24, 2.45) is 5.92 Å². The summed E-state index contributed by atoms with van der Waals surface area (Å²) in [6.07, 6.45) is 1.36. The topological polar surface area (TPSA) is 55.4 Å². The van der Waals surface area contributed by atoms with Crippen molar-refractivity contribution in [1.82, 2.24) is 5.32 Å². The number of carbonyl (C=O) groups is 2. The van der Waals surface area contributed by atoms with Gasteiger partial charge in [-0.05, 0) is 24.5 Å². The summed E-state index contributed by atoms with van der Waals surface area (Å²) in [5.41, 5.74) is 0.532. The van der Waals surface area contributed by atoms with Gasteiger partial charge in [0.1, 0.15) is 5.75 Å². The van der Waals surface area contributed by atoms with E-state index in [4.69, 9.17) is 4.74 Å². The fourth-order valence-corrected chi connectivity index (χ4v) is 1.71. The van der Waals surface area contributed by atoms with E-state index in [2.05, 4.69) is 19.2 Å². The molecule has 0 aliphatic rings. The van der Waals surface area contributed by atoms with Crippen molar-refractivity contribution < 1.29 is 14.3 Å². The molecule has 4 nitrogen and oxygen atoms in total. The van der Waals surface area contributed by atoms with Gasteiger partial charge in [0.2, 0.25) is 0 Å². The predicted octanol–water partition coefficient (Wildman–Crippen LogP) is 2.82. The molecular formula is C16H23NO3. The molecule has 110 valence electrons. The number of hydrogen-bond acceptors (Lipinski definition) is 3. The van der Waals surface area contributed by atoms with Gasteiger partial charge in [-0.3, -0.25) is 9.59 Å². The first kappa shape index (κ1) is 16.2. The Labute approximate surface area is 120 Å². The van der Waals surface area contributed by atoms with Crippen molar-refractivity contribution in [3.8, 4) is 5.75 Å². The summed E-state index contributed by atoms with van der Waals surface area (Å²) in [6, 6.07) is 7.01. The molecule has 0 aromatic heterocycles. The molecule has 1 aromatic carbocycles. The molecule has 0 fully saturated rings. The summed E-state index contributed by atoms with van der Waals surface area (Å²) < 4.78 is 5.45. The minimum absolute atomic E-state index is 0.0146. The Morgan fingerprint density at radius 3 is 2.60 bits per heavy atom. The average Bonchev–Trinajstić information content (AvgIpc) is 2.44. The van der Waals surface area contributed by atoms with Gasteiger partial charge in [0, 0.05) is 13.0 Å². The van der Waals surface area contributed by atoms with Crippen molar-refractivity contribution in [1.29, 1.82) is 0 Å². The number of para-hydroxylation sites is 1. The van der Waals surface area contributed by atoms with Crippen molar-refractivity contribution in [3.05, 3.63) is 29.8 Å². The summed E-state index contributed by atoms with van der Waals surface area (Å²) >= 11 is 0. The van der Waals surface area contributed by atoms with Crippen LogP contribution >= 0.6 is 0 Å². The number of carbonyl (C=O) groups excluding carboxylic acids is 2. The quantitative estimate of drug-likeness (QED) is 0.743. The van der Waals surface area contributed by atoms with Crippen LogP contribution in [-0.2, 0) is 4.79 Å². The number of amides is 1. The molecule has 1 amide bonds. The van der Waals surface area contributed by atoms with Crippen LogP contribution in [0.2, 0.25) is 0 Å². The lowest BCUT2D eigenvalue weighted by Crippen LogP contribution is -2.30. The molecule has 0 unspecified atom stereocenters. The molecule has 1 rings (SSSR count). The number of nitrogens with one attached hydrogen (secondary N) is 1. The van der Waals surface area contributed by atoms with Crippen LogP contribution in [0.1, 0.15) is 44.0 Å².